The maximum Gasteiger partial charge on any atom is 0.267 e. The van der Waals surface area contributed by atoms with Crippen molar-refractivity contribution in [3.05, 3.63) is 76.5 Å². The van der Waals surface area contributed by atoms with Gasteiger partial charge in [-0.25, -0.2) is 0 Å². The number of nitrogens with one attached hydrogen (secondary N) is 2. The molecule has 4 nitrogen and oxygen atoms in total. The van der Waals surface area contributed by atoms with Crippen LogP contribution in [0.3, 0.4) is 0 Å². The van der Waals surface area contributed by atoms with Gasteiger partial charge in [-0.05, 0) is 36.5 Å². The number of benzene rings is 2. The van der Waals surface area contributed by atoms with E-state index in [1.54, 1.807) is 0 Å². The van der Waals surface area contributed by atoms with Crippen LogP contribution in [0.15, 0.2) is 54.2 Å². The van der Waals surface area contributed by atoms with E-state index in [9.17, 15) is 10.1 Å². The Morgan fingerprint density at radius 2 is 1.85 bits per heavy atom. The van der Waals surface area contributed by atoms with Crippen LogP contribution >= 0.6 is 0 Å². The van der Waals surface area contributed by atoms with Crippen LogP contribution in [0, 0.1) is 25.2 Å². The number of hydrogen-bond donors (Lipinski definition) is 2. The highest BCUT2D eigenvalue weighted by molar-refractivity contribution is 6.07. The number of carbonyl (C=O) groups excluding carboxylic acids is 1. The molecule has 2 N–H and O–H groups in total. The first-order chi connectivity index (χ1) is 12.4. The normalized spacial score (nSPS) is 11.2. The fourth-order valence-electron chi connectivity index (χ4n) is 2.65. The number of rotatable bonds is 6. The first kappa shape index (κ1) is 19.3. The van der Waals surface area contributed by atoms with Crippen molar-refractivity contribution in [3.8, 4) is 6.07 Å². The molecule has 0 aliphatic heterocycles. The lowest BCUT2D eigenvalue weighted by molar-refractivity contribution is -0.112. The molecule has 4 heteroatoms. The number of para-hydroxylation sites is 1. The minimum Gasteiger partial charge on any atom is -0.386 e. The van der Waals surface area contributed by atoms with Gasteiger partial charge in [-0.15, -0.1) is 0 Å². The zero-order valence-corrected chi connectivity index (χ0v) is 15.8. The molecule has 2 aromatic carbocycles. The molecule has 0 fully saturated rings. The summed E-state index contributed by atoms with van der Waals surface area (Å²) in [5.74, 6) is -0.125. The molecular weight excluding hydrogens is 322 g/mol. The Morgan fingerprint density at radius 1 is 1.15 bits per heavy atom. The molecule has 0 saturated heterocycles. The molecule has 0 saturated carbocycles. The summed E-state index contributed by atoms with van der Waals surface area (Å²) in [6, 6.07) is 16.0. The lowest BCUT2D eigenvalue weighted by Gasteiger charge is -2.16. The van der Waals surface area contributed by atoms with E-state index in [4.69, 9.17) is 0 Å². The summed E-state index contributed by atoms with van der Waals surface area (Å²) in [6.45, 7) is 8.70. The third kappa shape index (κ3) is 4.97. The number of nitrogens with zero attached hydrogens (tertiary/aromatic N) is 1. The molecule has 0 aliphatic carbocycles. The second-order valence-corrected chi connectivity index (χ2v) is 6.68. The van der Waals surface area contributed by atoms with E-state index in [0.29, 0.717) is 6.54 Å². The monoisotopic (exact) mass is 347 g/mol. The second-order valence-electron chi connectivity index (χ2n) is 6.68. The molecular formula is C22H25N3O. The zero-order chi connectivity index (χ0) is 19.1. The Balaban J connectivity index is 2.09. The smallest absolute Gasteiger partial charge is 0.267 e. The molecule has 0 aliphatic rings. The second kappa shape index (κ2) is 8.87. The average molecular weight is 347 g/mol. The SMILES string of the molecule is Cc1ccc(CN/C=C(/C#N)C(=O)Nc2c(C)cccc2C(C)C)cc1. The van der Waals surface area contributed by atoms with E-state index in [1.807, 2.05) is 62.4 Å². The Kier molecular flexibility index (Phi) is 6.57. The maximum atomic E-state index is 12.5. The number of amides is 1. The van der Waals surface area contributed by atoms with Crippen molar-refractivity contribution in [2.45, 2.75) is 40.2 Å². The Hall–Kier alpha value is -3.06. The lowest BCUT2D eigenvalue weighted by Crippen LogP contribution is -2.18. The minimum atomic E-state index is -0.403. The minimum absolute atomic E-state index is 0.0510. The van der Waals surface area contributed by atoms with Crippen LogP contribution in [0.1, 0.15) is 42.0 Å². The third-order valence-electron chi connectivity index (χ3n) is 4.20. The van der Waals surface area contributed by atoms with Gasteiger partial charge in [-0.3, -0.25) is 4.79 Å². The third-order valence-corrected chi connectivity index (χ3v) is 4.20. The van der Waals surface area contributed by atoms with Crippen LogP contribution in [-0.2, 0) is 11.3 Å². The molecule has 0 bridgehead atoms. The summed E-state index contributed by atoms with van der Waals surface area (Å²) < 4.78 is 0. The molecule has 0 aromatic heterocycles. The predicted molar refractivity (Wildman–Crippen MR) is 106 cm³/mol. The van der Waals surface area contributed by atoms with E-state index < -0.39 is 5.91 Å². The standard InChI is InChI=1S/C22H25N3O/c1-15(2)20-7-5-6-17(4)21(20)25-22(26)19(12-23)14-24-13-18-10-8-16(3)9-11-18/h5-11,14-15,24H,13H2,1-4H3,(H,25,26)/b19-14-. The van der Waals surface area contributed by atoms with E-state index in [2.05, 4.69) is 24.5 Å². The largest absolute Gasteiger partial charge is 0.386 e. The highest BCUT2D eigenvalue weighted by atomic mass is 16.1. The van der Waals surface area contributed by atoms with Crippen molar-refractivity contribution in [3.63, 3.8) is 0 Å². The summed E-state index contributed by atoms with van der Waals surface area (Å²) in [4.78, 5) is 12.5. The fourth-order valence-corrected chi connectivity index (χ4v) is 2.65. The van der Waals surface area contributed by atoms with Gasteiger partial charge in [0.1, 0.15) is 11.6 Å². The first-order valence-corrected chi connectivity index (χ1v) is 8.72. The van der Waals surface area contributed by atoms with Crippen LogP contribution in [0.25, 0.3) is 0 Å². The number of hydrogen-bond acceptors (Lipinski definition) is 3. The Bertz CT molecular complexity index is 843. The summed E-state index contributed by atoms with van der Waals surface area (Å²) in [6.07, 6.45) is 1.47. The fraction of sp³-hybridized carbons (Fsp3) is 0.273. The number of carbonyl (C=O) groups is 1. The molecule has 0 atom stereocenters. The summed E-state index contributed by atoms with van der Waals surface area (Å²) in [5, 5.41) is 15.3. The average Bonchev–Trinajstić information content (AvgIpc) is 2.61. The van der Waals surface area contributed by atoms with Gasteiger partial charge in [0, 0.05) is 18.4 Å². The number of aryl methyl sites for hydroxylation is 2. The van der Waals surface area contributed by atoms with Gasteiger partial charge < -0.3 is 10.6 Å². The van der Waals surface area contributed by atoms with Crippen LogP contribution in [-0.4, -0.2) is 5.91 Å². The van der Waals surface area contributed by atoms with Gasteiger partial charge in [0.2, 0.25) is 0 Å². The Morgan fingerprint density at radius 3 is 2.46 bits per heavy atom. The summed E-state index contributed by atoms with van der Waals surface area (Å²) in [7, 11) is 0. The van der Waals surface area contributed by atoms with Gasteiger partial charge in [-0.1, -0.05) is 61.9 Å². The van der Waals surface area contributed by atoms with Gasteiger partial charge >= 0.3 is 0 Å². The number of anilines is 1. The molecule has 134 valence electrons. The highest BCUT2D eigenvalue weighted by Crippen LogP contribution is 2.27. The quantitative estimate of drug-likeness (QED) is 0.594. The van der Waals surface area contributed by atoms with Crippen LogP contribution in [0.5, 0.6) is 0 Å². The van der Waals surface area contributed by atoms with Crippen molar-refractivity contribution >= 4 is 11.6 Å². The van der Waals surface area contributed by atoms with Crippen molar-refractivity contribution in [2.24, 2.45) is 0 Å². The van der Waals surface area contributed by atoms with E-state index in [0.717, 1.165) is 22.4 Å². The van der Waals surface area contributed by atoms with Crippen LogP contribution < -0.4 is 10.6 Å². The van der Waals surface area contributed by atoms with E-state index in [1.165, 1.54) is 11.8 Å². The molecule has 0 unspecified atom stereocenters. The zero-order valence-electron chi connectivity index (χ0n) is 15.8. The van der Waals surface area contributed by atoms with Crippen molar-refractivity contribution in [1.29, 1.82) is 5.26 Å². The van der Waals surface area contributed by atoms with Gasteiger partial charge in [0.25, 0.3) is 5.91 Å². The summed E-state index contributed by atoms with van der Waals surface area (Å²) in [5.41, 5.74) is 5.16. The van der Waals surface area contributed by atoms with Crippen LogP contribution in [0.2, 0.25) is 0 Å². The van der Waals surface area contributed by atoms with E-state index in [-0.39, 0.29) is 11.5 Å². The van der Waals surface area contributed by atoms with Crippen molar-refractivity contribution in [2.75, 3.05) is 5.32 Å². The molecule has 26 heavy (non-hydrogen) atoms. The molecule has 0 radical (unpaired) electrons. The maximum absolute atomic E-state index is 12.5. The van der Waals surface area contributed by atoms with Gasteiger partial charge in [0.05, 0.1) is 0 Å². The molecule has 1 amide bonds. The van der Waals surface area contributed by atoms with Gasteiger partial charge in [0.15, 0.2) is 0 Å². The lowest BCUT2D eigenvalue weighted by atomic mass is 9.98. The topological polar surface area (TPSA) is 64.9 Å². The Labute approximate surface area is 155 Å². The number of nitriles is 1. The molecule has 0 spiro atoms. The van der Waals surface area contributed by atoms with E-state index >= 15 is 0 Å². The molecule has 2 rings (SSSR count). The highest BCUT2D eigenvalue weighted by Gasteiger charge is 2.15. The summed E-state index contributed by atoms with van der Waals surface area (Å²) >= 11 is 0. The predicted octanol–water partition coefficient (Wildman–Crippen LogP) is 4.56. The first-order valence-electron chi connectivity index (χ1n) is 8.72. The van der Waals surface area contributed by atoms with Gasteiger partial charge in [-0.2, -0.15) is 5.26 Å². The molecule has 0 heterocycles. The van der Waals surface area contributed by atoms with Crippen LogP contribution in [0.4, 0.5) is 5.69 Å². The van der Waals surface area contributed by atoms with Crippen molar-refractivity contribution < 1.29 is 4.79 Å². The molecule has 2 aromatic rings. The van der Waals surface area contributed by atoms with Crippen molar-refractivity contribution in [1.82, 2.24) is 5.32 Å².